The van der Waals surface area contributed by atoms with Gasteiger partial charge in [0.1, 0.15) is 0 Å². The molecule has 24 heavy (non-hydrogen) atoms. The van der Waals surface area contributed by atoms with Crippen LogP contribution in [0.15, 0.2) is 24.3 Å². The van der Waals surface area contributed by atoms with Gasteiger partial charge in [0.2, 0.25) is 9.84 Å². The molecular formula is C15H21ClF2N2O3S. The number of hydrogen-bond donors (Lipinski definition) is 2. The molecule has 1 fully saturated rings. The van der Waals surface area contributed by atoms with E-state index in [4.69, 9.17) is 0 Å². The van der Waals surface area contributed by atoms with Gasteiger partial charge in [-0.15, -0.1) is 12.4 Å². The van der Waals surface area contributed by atoms with E-state index in [1.807, 2.05) is 0 Å². The molecule has 2 atom stereocenters. The molecule has 0 bridgehead atoms. The number of carbonyl (C=O) groups is 1. The first-order valence-corrected chi connectivity index (χ1v) is 9.11. The second kappa shape index (κ2) is 8.73. The zero-order chi connectivity index (χ0) is 17.0. The third kappa shape index (κ3) is 5.39. The van der Waals surface area contributed by atoms with Crippen LogP contribution < -0.4 is 10.6 Å². The maximum Gasteiger partial charge on any atom is 0.337 e. The molecule has 1 saturated heterocycles. The lowest BCUT2D eigenvalue weighted by atomic mass is 9.95. The fourth-order valence-corrected chi connectivity index (χ4v) is 3.31. The minimum atomic E-state index is -4.46. The molecule has 5 nitrogen and oxygen atoms in total. The van der Waals surface area contributed by atoms with Gasteiger partial charge < -0.3 is 10.6 Å². The first kappa shape index (κ1) is 20.8. The zero-order valence-electron chi connectivity index (χ0n) is 13.2. The van der Waals surface area contributed by atoms with E-state index in [-0.39, 0.29) is 29.9 Å². The van der Waals surface area contributed by atoms with Crippen LogP contribution in [0.3, 0.4) is 0 Å². The normalized spacial score (nSPS) is 21.2. The van der Waals surface area contributed by atoms with E-state index in [0.717, 1.165) is 19.5 Å². The number of nitrogens with one attached hydrogen (secondary N) is 2. The highest BCUT2D eigenvalue weighted by Crippen LogP contribution is 2.15. The van der Waals surface area contributed by atoms with Crippen LogP contribution in [0, 0.1) is 5.92 Å². The van der Waals surface area contributed by atoms with Crippen LogP contribution in [-0.2, 0) is 15.6 Å². The molecule has 136 valence electrons. The molecule has 2 N–H and O–H groups in total. The molecule has 2 unspecified atom stereocenters. The van der Waals surface area contributed by atoms with Gasteiger partial charge in [-0.2, -0.15) is 8.78 Å². The number of halogens is 3. The molecule has 0 radical (unpaired) electrons. The largest absolute Gasteiger partial charge is 0.349 e. The van der Waals surface area contributed by atoms with E-state index < -0.39 is 21.3 Å². The Morgan fingerprint density at radius 3 is 2.50 bits per heavy atom. The summed E-state index contributed by atoms with van der Waals surface area (Å²) in [6, 6.07) is 5.78. The third-order valence-corrected chi connectivity index (χ3v) is 5.24. The van der Waals surface area contributed by atoms with Crippen LogP contribution in [-0.4, -0.2) is 39.2 Å². The van der Waals surface area contributed by atoms with Gasteiger partial charge in [0.25, 0.3) is 5.91 Å². The van der Waals surface area contributed by atoms with Crippen molar-refractivity contribution in [3.8, 4) is 0 Å². The fraction of sp³-hybridized carbons (Fsp3) is 0.533. The number of alkyl halides is 2. The molecule has 1 aromatic carbocycles. The summed E-state index contributed by atoms with van der Waals surface area (Å²) in [6.45, 7) is 3.74. The Morgan fingerprint density at radius 2 is 1.96 bits per heavy atom. The van der Waals surface area contributed by atoms with Crippen LogP contribution in [0.5, 0.6) is 0 Å². The molecule has 2 rings (SSSR count). The van der Waals surface area contributed by atoms with Crippen LogP contribution in [0.1, 0.15) is 29.3 Å². The van der Waals surface area contributed by atoms with E-state index in [0.29, 0.717) is 11.5 Å². The molecule has 0 aliphatic carbocycles. The Hall–Kier alpha value is -1.25. The van der Waals surface area contributed by atoms with E-state index in [1.54, 1.807) is 0 Å². The molecule has 9 heteroatoms. The lowest BCUT2D eigenvalue weighted by molar-refractivity contribution is 0.0914. The summed E-state index contributed by atoms with van der Waals surface area (Å²) in [4.78, 5) is 12.2. The second-order valence-corrected chi connectivity index (χ2v) is 7.79. The van der Waals surface area contributed by atoms with Crippen molar-refractivity contribution in [1.29, 1.82) is 0 Å². The second-order valence-electron chi connectivity index (χ2n) is 5.81. The van der Waals surface area contributed by atoms with E-state index in [2.05, 4.69) is 17.6 Å². The van der Waals surface area contributed by atoms with Crippen molar-refractivity contribution in [1.82, 2.24) is 10.6 Å². The Morgan fingerprint density at radius 1 is 1.33 bits per heavy atom. The first-order valence-electron chi connectivity index (χ1n) is 7.40. The number of sulfone groups is 1. The lowest BCUT2D eigenvalue weighted by Crippen LogP contribution is -2.48. The van der Waals surface area contributed by atoms with Gasteiger partial charge in [0.05, 0.1) is 5.75 Å². The molecule has 1 amide bonds. The fourth-order valence-electron chi connectivity index (χ4n) is 2.53. The molecule has 1 heterocycles. The first-order chi connectivity index (χ1) is 10.8. The van der Waals surface area contributed by atoms with Crippen molar-refractivity contribution in [3.05, 3.63) is 35.4 Å². The topological polar surface area (TPSA) is 75.3 Å². The Kier molecular flexibility index (Phi) is 7.56. The SMILES string of the molecule is CC1CNCCC1NC(=O)c1ccc(CS(=O)(=O)C(F)F)cc1.Cl. The van der Waals surface area contributed by atoms with Gasteiger partial charge >= 0.3 is 5.76 Å². The summed E-state index contributed by atoms with van der Waals surface area (Å²) in [5.74, 6) is -4.06. The standard InChI is InChI=1S/C15H20F2N2O3S.ClH/c1-10-8-18-7-6-13(10)19-14(20)12-4-2-11(3-5-12)9-23(21,22)15(16)17;/h2-5,10,13,15,18H,6-9H2,1H3,(H,19,20);1H. The predicted octanol–water partition coefficient (Wildman–Crippen LogP) is 1.97. The maximum absolute atomic E-state index is 12.3. The Balaban J connectivity index is 0.00000288. The van der Waals surface area contributed by atoms with Gasteiger partial charge in [0, 0.05) is 11.6 Å². The number of piperidine rings is 1. The number of amides is 1. The van der Waals surface area contributed by atoms with Gasteiger partial charge in [-0.1, -0.05) is 19.1 Å². The van der Waals surface area contributed by atoms with Crippen LogP contribution >= 0.6 is 12.4 Å². The monoisotopic (exact) mass is 382 g/mol. The van der Waals surface area contributed by atoms with E-state index in [1.165, 1.54) is 24.3 Å². The number of rotatable bonds is 5. The van der Waals surface area contributed by atoms with Crippen molar-refractivity contribution >= 4 is 28.2 Å². The molecular weight excluding hydrogens is 362 g/mol. The average molecular weight is 383 g/mol. The summed E-state index contributed by atoms with van der Waals surface area (Å²) in [5.41, 5.74) is 0.617. The highest BCUT2D eigenvalue weighted by molar-refractivity contribution is 7.90. The van der Waals surface area contributed by atoms with Gasteiger partial charge in [-0.05, 0) is 43.1 Å². The summed E-state index contributed by atoms with van der Waals surface area (Å²) < 4.78 is 47.1. The average Bonchev–Trinajstić information content (AvgIpc) is 2.49. The molecule has 0 spiro atoms. The van der Waals surface area contributed by atoms with Crippen LogP contribution in [0.2, 0.25) is 0 Å². The van der Waals surface area contributed by atoms with Crippen molar-refractivity contribution in [3.63, 3.8) is 0 Å². The molecule has 1 aliphatic heterocycles. The van der Waals surface area contributed by atoms with Gasteiger partial charge in [-0.3, -0.25) is 4.79 Å². The predicted molar refractivity (Wildman–Crippen MR) is 90.2 cm³/mol. The highest BCUT2D eigenvalue weighted by atomic mass is 35.5. The smallest absolute Gasteiger partial charge is 0.337 e. The molecule has 1 aromatic rings. The Labute approximate surface area is 146 Å². The summed E-state index contributed by atoms with van der Waals surface area (Å²) >= 11 is 0. The van der Waals surface area contributed by atoms with E-state index in [9.17, 15) is 22.0 Å². The minimum absolute atomic E-state index is 0. The number of carbonyl (C=O) groups excluding carboxylic acids is 1. The summed E-state index contributed by atoms with van der Waals surface area (Å²) in [6.07, 6.45) is 0.845. The molecule has 0 saturated carbocycles. The minimum Gasteiger partial charge on any atom is -0.349 e. The highest BCUT2D eigenvalue weighted by Gasteiger charge is 2.25. The maximum atomic E-state index is 12.3. The lowest BCUT2D eigenvalue weighted by Gasteiger charge is -2.30. The Bertz CT molecular complexity index is 653. The van der Waals surface area contributed by atoms with Crippen molar-refractivity contribution in [2.75, 3.05) is 13.1 Å². The van der Waals surface area contributed by atoms with E-state index >= 15 is 0 Å². The third-order valence-electron chi connectivity index (χ3n) is 3.96. The van der Waals surface area contributed by atoms with Crippen LogP contribution in [0.25, 0.3) is 0 Å². The number of hydrogen-bond acceptors (Lipinski definition) is 4. The van der Waals surface area contributed by atoms with Gasteiger partial charge in [-0.25, -0.2) is 8.42 Å². The van der Waals surface area contributed by atoms with Gasteiger partial charge in [0.15, 0.2) is 0 Å². The van der Waals surface area contributed by atoms with Crippen molar-refractivity contribution in [2.24, 2.45) is 5.92 Å². The molecule has 0 aromatic heterocycles. The summed E-state index contributed by atoms with van der Waals surface area (Å²) in [5, 5.41) is 6.20. The van der Waals surface area contributed by atoms with Crippen molar-refractivity contribution in [2.45, 2.75) is 30.9 Å². The van der Waals surface area contributed by atoms with Crippen molar-refractivity contribution < 1.29 is 22.0 Å². The van der Waals surface area contributed by atoms with Crippen LogP contribution in [0.4, 0.5) is 8.78 Å². The quantitative estimate of drug-likeness (QED) is 0.816. The zero-order valence-corrected chi connectivity index (χ0v) is 14.8. The molecule has 1 aliphatic rings. The number of benzene rings is 1. The summed E-state index contributed by atoms with van der Waals surface area (Å²) in [7, 11) is -4.46.